The molecule has 0 bridgehead atoms. The van der Waals surface area contributed by atoms with E-state index < -0.39 is 46.8 Å². The molecule has 16 nitrogen and oxygen atoms in total. The number of aromatic hydroxyl groups is 2. The summed E-state index contributed by atoms with van der Waals surface area (Å²) in [6.07, 6.45) is -1.57. The van der Waals surface area contributed by atoms with Gasteiger partial charge in [-0.1, -0.05) is 0 Å². The molecule has 0 saturated carbocycles. The van der Waals surface area contributed by atoms with E-state index in [4.69, 9.17) is 28.4 Å². The predicted molar refractivity (Wildman–Crippen MR) is 172 cm³/mol. The van der Waals surface area contributed by atoms with Gasteiger partial charge in [0.25, 0.3) is 0 Å². The fourth-order valence-corrected chi connectivity index (χ4v) is 3.79. The van der Waals surface area contributed by atoms with E-state index in [0.29, 0.717) is 23.0 Å². The number of nitrogens with one attached hydrogen (secondary N) is 2. The largest absolute Gasteiger partial charge is 2.00 e. The van der Waals surface area contributed by atoms with Crippen molar-refractivity contribution in [1.82, 2.24) is 0 Å². The average molecular weight is 758 g/mol. The number of rotatable bonds is 14. The van der Waals surface area contributed by atoms with Crippen LogP contribution in [0, 0.1) is 0 Å². The fraction of sp³-hybridized carbons (Fsp3) is 0.176. The molecule has 4 aromatic rings. The van der Waals surface area contributed by atoms with Crippen LogP contribution in [0.4, 0.5) is 21.0 Å². The molecule has 0 heterocycles. The van der Waals surface area contributed by atoms with Crippen LogP contribution in [0.15, 0.2) is 84.9 Å². The number of aromatic carboxylic acids is 2. The van der Waals surface area contributed by atoms with E-state index in [1.54, 1.807) is 62.8 Å². The first-order valence-electron chi connectivity index (χ1n) is 14.5. The summed E-state index contributed by atoms with van der Waals surface area (Å²) in [7, 11) is 3.12. The molecular weight excluding hydrogens is 726 g/mol. The molecule has 0 saturated heterocycles. The first kappa shape index (κ1) is 41.0. The number of benzene rings is 4. The molecule has 264 valence electrons. The van der Waals surface area contributed by atoms with Crippen LogP contribution in [0.2, 0.25) is 0 Å². The third kappa shape index (κ3) is 14.0. The SMILES string of the molecule is COc1ccc(OCCOC(=O)Nc2ccc(O)c(C(=O)[O-])c2)cc1.COc1ccc(OCCOC(=O)Nc2ccc(O)c(C(=O)[O-])c2)cc1.[Zn+2]. The van der Waals surface area contributed by atoms with Gasteiger partial charge in [0.15, 0.2) is 0 Å². The van der Waals surface area contributed by atoms with Crippen LogP contribution in [-0.4, -0.2) is 75.0 Å². The van der Waals surface area contributed by atoms with Gasteiger partial charge in [-0.15, -0.1) is 0 Å². The number of phenols is 2. The zero-order valence-corrected chi connectivity index (χ0v) is 30.4. The number of hydrogen-bond acceptors (Lipinski definition) is 14. The summed E-state index contributed by atoms with van der Waals surface area (Å²) >= 11 is 0. The van der Waals surface area contributed by atoms with E-state index in [2.05, 4.69) is 10.6 Å². The number of amides is 2. The molecule has 0 radical (unpaired) electrons. The van der Waals surface area contributed by atoms with Gasteiger partial charge in [0.05, 0.1) is 26.2 Å². The molecule has 2 amide bonds. The predicted octanol–water partition coefficient (Wildman–Crippen LogP) is 2.78. The number of methoxy groups -OCH3 is 2. The van der Waals surface area contributed by atoms with Crippen molar-refractivity contribution in [2.45, 2.75) is 0 Å². The quantitative estimate of drug-likeness (QED) is 0.0823. The number of carbonyl (C=O) groups is 4. The van der Waals surface area contributed by atoms with Crippen molar-refractivity contribution in [2.75, 3.05) is 51.3 Å². The van der Waals surface area contributed by atoms with E-state index in [1.165, 1.54) is 12.1 Å². The van der Waals surface area contributed by atoms with Crippen LogP contribution in [0.3, 0.4) is 0 Å². The number of carboxylic acid groups (broad SMARTS) is 2. The Labute approximate surface area is 304 Å². The molecule has 4 aromatic carbocycles. The number of ether oxygens (including phenoxy) is 6. The molecule has 4 N–H and O–H groups in total. The van der Waals surface area contributed by atoms with Crippen molar-refractivity contribution in [3.8, 4) is 34.5 Å². The van der Waals surface area contributed by atoms with Crippen LogP contribution < -0.4 is 39.8 Å². The Morgan fingerprint density at radius 2 is 0.882 bits per heavy atom. The zero-order valence-electron chi connectivity index (χ0n) is 27.4. The number of carbonyl (C=O) groups excluding carboxylic acids is 4. The molecule has 51 heavy (non-hydrogen) atoms. The number of anilines is 2. The van der Waals surface area contributed by atoms with Crippen molar-refractivity contribution in [2.24, 2.45) is 0 Å². The summed E-state index contributed by atoms with van der Waals surface area (Å²) in [5.74, 6) is -1.41. The second kappa shape index (κ2) is 21.0. The van der Waals surface area contributed by atoms with Gasteiger partial charge in [0.2, 0.25) is 0 Å². The molecule has 0 aliphatic carbocycles. The van der Waals surface area contributed by atoms with E-state index >= 15 is 0 Å². The maximum atomic E-state index is 11.6. The third-order valence-electron chi connectivity index (χ3n) is 6.22. The summed E-state index contributed by atoms with van der Waals surface area (Å²) in [5, 5.41) is 45.0. The summed E-state index contributed by atoms with van der Waals surface area (Å²) in [6.45, 7) is 0.256. The van der Waals surface area contributed by atoms with Crippen LogP contribution >= 0.6 is 0 Å². The van der Waals surface area contributed by atoms with Crippen molar-refractivity contribution >= 4 is 35.5 Å². The number of hydrogen-bond donors (Lipinski definition) is 4. The molecule has 0 unspecified atom stereocenters. The van der Waals surface area contributed by atoms with Crippen LogP contribution in [0.5, 0.6) is 34.5 Å². The first-order valence-corrected chi connectivity index (χ1v) is 14.5. The van der Waals surface area contributed by atoms with E-state index in [1.807, 2.05) is 0 Å². The molecule has 17 heteroatoms. The Kier molecular flexibility index (Phi) is 16.9. The fourth-order valence-electron chi connectivity index (χ4n) is 3.79. The van der Waals surface area contributed by atoms with Gasteiger partial charge in [-0.3, -0.25) is 10.6 Å². The van der Waals surface area contributed by atoms with Crippen LogP contribution in [-0.2, 0) is 29.0 Å². The van der Waals surface area contributed by atoms with Crippen molar-refractivity contribution in [3.63, 3.8) is 0 Å². The Hall–Kier alpha value is -6.22. The van der Waals surface area contributed by atoms with Gasteiger partial charge in [0.1, 0.15) is 60.9 Å². The molecule has 0 aliphatic rings. The smallest absolute Gasteiger partial charge is 0.545 e. The molecular formula is C34H32N2O14Zn. The van der Waals surface area contributed by atoms with Gasteiger partial charge in [-0.2, -0.15) is 0 Å². The van der Waals surface area contributed by atoms with Gasteiger partial charge in [-0.25, -0.2) is 9.59 Å². The Balaban J connectivity index is 0.000000347. The second-order valence-corrected chi connectivity index (χ2v) is 9.61. The Morgan fingerprint density at radius 3 is 1.20 bits per heavy atom. The standard InChI is InChI=1S/2C17H17NO7.Zn/c2*1-23-12-3-5-13(6-4-12)24-8-9-25-17(22)18-11-2-7-15(19)14(10-11)16(20)21;/h2*2-7,10,19H,8-9H2,1H3,(H,18,22)(H,20,21);/q;;+2/p-2. The molecule has 0 spiro atoms. The van der Waals surface area contributed by atoms with Gasteiger partial charge in [0, 0.05) is 22.5 Å². The van der Waals surface area contributed by atoms with E-state index in [-0.39, 0.29) is 57.3 Å². The first-order chi connectivity index (χ1) is 24.0. The van der Waals surface area contributed by atoms with Gasteiger partial charge >= 0.3 is 31.7 Å². The summed E-state index contributed by atoms with van der Waals surface area (Å²) in [5.41, 5.74) is -0.558. The van der Waals surface area contributed by atoms with Crippen molar-refractivity contribution < 1.29 is 87.5 Å². The summed E-state index contributed by atoms with van der Waals surface area (Å²) in [6, 6.07) is 20.9. The second-order valence-electron chi connectivity index (χ2n) is 9.61. The summed E-state index contributed by atoms with van der Waals surface area (Å²) in [4.78, 5) is 44.9. The van der Waals surface area contributed by atoms with E-state index in [9.17, 15) is 39.6 Å². The Bertz CT molecular complexity index is 1620. The molecule has 0 aliphatic heterocycles. The molecule has 0 atom stereocenters. The van der Waals surface area contributed by atoms with Crippen LogP contribution in [0.1, 0.15) is 20.7 Å². The molecule has 0 aromatic heterocycles. The van der Waals surface area contributed by atoms with Crippen molar-refractivity contribution in [3.05, 3.63) is 96.1 Å². The summed E-state index contributed by atoms with van der Waals surface area (Å²) < 4.78 is 30.7. The number of carboxylic acids is 2. The normalized spacial score (nSPS) is 9.76. The van der Waals surface area contributed by atoms with Crippen molar-refractivity contribution in [1.29, 1.82) is 0 Å². The molecule has 0 fully saturated rings. The Morgan fingerprint density at radius 1 is 0.549 bits per heavy atom. The molecule has 4 rings (SSSR count). The minimum atomic E-state index is -1.55. The average Bonchev–Trinajstić information content (AvgIpc) is 3.11. The minimum absolute atomic E-state index is 0. The van der Waals surface area contributed by atoms with Crippen LogP contribution in [0.25, 0.3) is 0 Å². The maximum absolute atomic E-state index is 11.6. The monoisotopic (exact) mass is 756 g/mol. The maximum Gasteiger partial charge on any atom is 2.00 e. The zero-order chi connectivity index (χ0) is 36.5. The van der Waals surface area contributed by atoms with Gasteiger partial charge in [-0.05, 0) is 84.9 Å². The third-order valence-corrected chi connectivity index (χ3v) is 6.22. The van der Waals surface area contributed by atoms with Gasteiger partial charge < -0.3 is 58.4 Å². The minimum Gasteiger partial charge on any atom is -0.545 e. The topological polar surface area (TPSA) is 234 Å². The van der Waals surface area contributed by atoms with E-state index in [0.717, 1.165) is 24.3 Å².